The Balaban J connectivity index is 1.37. The van der Waals surface area contributed by atoms with Crippen LogP contribution in [0.5, 0.6) is 5.75 Å². The number of hydrogen-bond acceptors (Lipinski definition) is 5. The molecule has 7 nitrogen and oxygen atoms in total. The minimum absolute atomic E-state index is 0.0737. The topological polar surface area (TPSA) is 87.7 Å². The fraction of sp³-hybridized carbons (Fsp3) is 0.571. The van der Waals surface area contributed by atoms with Crippen LogP contribution < -0.4 is 15.4 Å². The van der Waals surface area contributed by atoms with Gasteiger partial charge in [0.2, 0.25) is 5.91 Å². The van der Waals surface area contributed by atoms with E-state index in [4.69, 9.17) is 4.74 Å². The number of hydrogen-bond donors (Lipinski definition) is 2. The number of anilines is 1. The molecule has 0 radical (unpaired) electrons. The fourth-order valence-electron chi connectivity index (χ4n) is 4.29. The Morgan fingerprint density at radius 1 is 1.07 bits per heavy atom. The van der Waals surface area contributed by atoms with Crippen molar-refractivity contribution in [3.05, 3.63) is 23.8 Å². The van der Waals surface area contributed by atoms with Gasteiger partial charge in [0.05, 0.1) is 5.69 Å². The highest BCUT2D eigenvalue weighted by Gasteiger charge is 2.32. The summed E-state index contributed by atoms with van der Waals surface area (Å²) in [6, 6.07) is 5.21. The lowest BCUT2D eigenvalue weighted by Gasteiger charge is -2.35. The van der Waals surface area contributed by atoms with Crippen LogP contribution in [0.3, 0.4) is 0 Å². The maximum absolute atomic E-state index is 12.9. The third kappa shape index (κ3) is 3.76. The molecule has 1 aromatic carbocycles. The average molecular weight is 385 g/mol. The zero-order valence-corrected chi connectivity index (χ0v) is 16.2. The second-order valence-electron chi connectivity index (χ2n) is 7.95. The maximum atomic E-state index is 12.9. The number of amides is 2. The van der Waals surface area contributed by atoms with Crippen molar-refractivity contribution in [3.8, 4) is 5.75 Å². The van der Waals surface area contributed by atoms with Crippen LogP contribution in [0.25, 0.3) is 0 Å². The predicted octanol–water partition coefficient (Wildman–Crippen LogP) is 1.83. The number of piperidine rings is 2. The second-order valence-corrected chi connectivity index (χ2v) is 7.95. The number of carbonyl (C=O) groups is 3. The summed E-state index contributed by atoms with van der Waals surface area (Å²) in [6.07, 6.45) is 2.65. The molecule has 0 aliphatic carbocycles. The van der Waals surface area contributed by atoms with Crippen molar-refractivity contribution in [1.82, 2.24) is 10.2 Å². The SMILES string of the molecule is CC1Oc2ccc(C(=O)C3CCN(C(=O)C4CCNCC4)CC3)cc2NC1=O. The van der Waals surface area contributed by atoms with E-state index in [1.165, 1.54) is 0 Å². The minimum Gasteiger partial charge on any atom is -0.479 e. The Bertz CT molecular complexity index is 780. The van der Waals surface area contributed by atoms with Crippen molar-refractivity contribution in [1.29, 1.82) is 0 Å². The summed E-state index contributed by atoms with van der Waals surface area (Å²) in [5.74, 6) is 0.738. The van der Waals surface area contributed by atoms with Gasteiger partial charge in [0.25, 0.3) is 5.91 Å². The quantitative estimate of drug-likeness (QED) is 0.775. The van der Waals surface area contributed by atoms with Gasteiger partial charge in [0.1, 0.15) is 5.75 Å². The number of ketones is 1. The molecule has 2 fully saturated rings. The van der Waals surface area contributed by atoms with Crippen LogP contribution in [0, 0.1) is 11.8 Å². The summed E-state index contributed by atoms with van der Waals surface area (Å²) < 4.78 is 5.55. The van der Waals surface area contributed by atoms with E-state index < -0.39 is 6.10 Å². The first kappa shape index (κ1) is 18.9. The van der Waals surface area contributed by atoms with E-state index in [9.17, 15) is 14.4 Å². The van der Waals surface area contributed by atoms with Gasteiger partial charge in [-0.25, -0.2) is 0 Å². The molecule has 0 saturated carbocycles. The highest BCUT2D eigenvalue weighted by molar-refractivity contribution is 6.02. The van der Waals surface area contributed by atoms with E-state index in [0.717, 1.165) is 25.9 Å². The minimum atomic E-state index is -0.532. The maximum Gasteiger partial charge on any atom is 0.265 e. The van der Waals surface area contributed by atoms with Crippen LogP contribution in [-0.2, 0) is 9.59 Å². The summed E-state index contributed by atoms with van der Waals surface area (Å²) in [7, 11) is 0. The lowest BCUT2D eigenvalue weighted by molar-refractivity contribution is -0.137. The summed E-state index contributed by atoms with van der Waals surface area (Å²) in [4.78, 5) is 39.4. The zero-order chi connectivity index (χ0) is 19.7. The molecular formula is C21H27N3O4. The van der Waals surface area contributed by atoms with Crippen LogP contribution in [-0.4, -0.2) is 54.8 Å². The monoisotopic (exact) mass is 385 g/mol. The highest BCUT2D eigenvalue weighted by Crippen LogP contribution is 2.32. The Kier molecular flexibility index (Phi) is 5.35. The van der Waals surface area contributed by atoms with Crippen molar-refractivity contribution in [2.75, 3.05) is 31.5 Å². The summed E-state index contributed by atoms with van der Waals surface area (Å²) in [5.41, 5.74) is 1.13. The molecule has 2 amide bonds. The number of carbonyl (C=O) groups excluding carboxylic acids is 3. The highest BCUT2D eigenvalue weighted by atomic mass is 16.5. The third-order valence-electron chi connectivity index (χ3n) is 6.06. The van der Waals surface area contributed by atoms with Crippen LogP contribution in [0.15, 0.2) is 18.2 Å². The van der Waals surface area contributed by atoms with E-state index in [1.54, 1.807) is 25.1 Å². The molecule has 3 heterocycles. The first-order valence-electron chi connectivity index (χ1n) is 10.2. The molecule has 4 rings (SSSR count). The molecule has 2 N–H and O–H groups in total. The molecule has 7 heteroatoms. The molecule has 28 heavy (non-hydrogen) atoms. The van der Waals surface area contributed by atoms with Crippen molar-refractivity contribution in [2.24, 2.45) is 11.8 Å². The molecule has 150 valence electrons. The van der Waals surface area contributed by atoms with Crippen LogP contribution in [0.2, 0.25) is 0 Å². The first-order valence-corrected chi connectivity index (χ1v) is 10.2. The van der Waals surface area contributed by atoms with Crippen molar-refractivity contribution in [2.45, 2.75) is 38.7 Å². The number of nitrogens with zero attached hydrogens (tertiary/aromatic N) is 1. The van der Waals surface area contributed by atoms with Gasteiger partial charge in [-0.1, -0.05) is 0 Å². The van der Waals surface area contributed by atoms with Gasteiger partial charge in [-0.05, 0) is 63.9 Å². The molecule has 0 aromatic heterocycles. The first-order chi connectivity index (χ1) is 13.5. The van der Waals surface area contributed by atoms with E-state index in [2.05, 4.69) is 10.6 Å². The molecule has 3 aliphatic rings. The summed E-state index contributed by atoms with van der Waals surface area (Å²) in [6.45, 7) is 4.78. The van der Waals surface area contributed by atoms with Gasteiger partial charge in [0.15, 0.2) is 11.9 Å². The Hall–Kier alpha value is -2.41. The number of benzene rings is 1. The molecular weight excluding hydrogens is 358 g/mol. The molecule has 1 aromatic rings. The molecule has 1 unspecified atom stereocenters. The molecule has 0 spiro atoms. The fourth-order valence-corrected chi connectivity index (χ4v) is 4.29. The van der Waals surface area contributed by atoms with E-state index in [-0.39, 0.29) is 29.4 Å². The lowest BCUT2D eigenvalue weighted by atomic mass is 9.87. The van der Waals surface area contributed by atoms with Gasteiger partial charge >= 0.3 is 0 Å². The number of likely N-dealkylation sites (tertiary alicyclic amines) is 1. The molecule has 3 aliphatic heterocycles. The smallest absolute Gasteiger partial charge is 0.265 e. The lowest BCUT2D eigenvalue weighted by Crippen LogP contribution is -2.45. The van der Waals surface area contributed by atoms with Gasteiger partial charge in [-0.3, -0.25) is 14.4 Å². The summed E-state index contributed by atoms with van der Waals surface area (Å²) in [5, 5.41) is 6.08. The second kappa shape index (κ2) is 7.91. The van der Waals surface area contributed by atoms with Crippen molar-refractivity contribution in [3.63, 3.8) is 0 Å². The molecule has 1 atom stereocenters. The van der Waals surface area contributed by atoms with Gasteiger partial charge in [-0.2, -0.15) is 0 Å². The number of fused-ring (bicyclic) bond motifs is 1. The van der Waals surface area contributed by atoms with Crippen molar-refractivity contribution < 1.29 is 19.1 Å². The van der Waals surface area contributed by atoms with Gasteiger partial charge < -0.3 is 20.3 Å². The van der Waals surface area contributed by atoms with Crippen LogP contribution in [0.4, 0.5) is 5.69 Å². The van der Waals surface area contributed by atoms with Crippen molar-refractivity contribution >= 4 is 23.3 Å². The number of ether oxygens (including phenoxy) is 1. The Morgan fingerprint density at radius 3 is 2.50 bits per heavy atom. The normalized spacial score (nSPS) is 23.5. The van der Waals surface area contributed by atoms with E-state index >= 15 is 0 Å². The molecule has 2 saturated heterocycles. The van der Waals surface area contributed by atoms with Gasteiger partial charge in [-0.15, -0.1) is 0 Å². The number of nitrogens with one attached hydrogen (secondary N) is 2. The average Bonchev–Trinajstić information content (AvgIpc) is 2.74. The predicted molar refractivity (Wildman–Crippen MR) is 104 cm³/mol. The zero-order valence-electron chi connectivity index (χ0n) is 16.2. The van der Waals surface area contributed by atoms with E-state index in [0.29, 0.717) is 42.9 Å². The Labute approximate surface area is 164 Å². The van der Waals surface area contributed by atoms with Crippen LogP contribution >= 0.6 is 0 Å². The van der Waals surface area contributed by atoms with Crippen LogP contribution in [0.1, 0.15) is 43.0 Å². The number of rotatable bonds is 3. The summed E-state index contributed by atoms with van der Waals surface area (Å²) >= 11 is 0. The largest absolute Gasteiger partial charge is 0.479 e. The standard InChI is InChI=1S/C21H27N3O4/c1-13-20(26)23-17-12-16(2-3-18(17)28-13)19(25)14-6-10-24(11-7-14)21(27)15-4-8-22-9-5-15/h2-3,12-15,22H,4-11H2,1H3,(H,23,26). The van der Waals surface area contributed by atoms with Gasteiger partial charge in [0, 0.05) is 30.5 Å². The van der Waals surface area contributed by atoms with E-state index in [1.807, 2.05) is 4.90 Å². The Morgan fingerprint density at radius 2 is 1.79 bits per heavy atom. The number of Topliss-reactive ketones (excluding diaryl/α,β-unsaturated/α-hetero) is 1. The molecule has 0 bridgehead atoms. The third-order valence-corrected chi connectivity index (χ3v) is 6.06.